The highest BCUT2D eigenvalue weighted by Gasteiger charge is 2.21. The molecule has 1 aliphatic rings. The van der Waals surface area contributed by atoms with Crippen LogP contribution in [-0.4, -0.2) is 31.2 Å². The number of nitrogens with two attached hydrogens (primary N) is 1. The SMILES string of the molecule is CC(C)[C@@H](N)C(=O)NC1CCCOCC1. The first-order chi connectivity index (χ1) is 7.11. The summed E-state index contributed by atoms with van der Waals surface area (Å²) < 4.78 is 5.33. The van der Waals surface area contributed by atoms with Gasteiger partial charge in [0.15, 0.2) is 0 Å². The van der Waals surface area contributed by atoms with E-state index in [1.165, 1.54) is 0 Å². The van der Waals surface area contributed by atoms with Gasteiger partial charge in [0.05, 0.1) is 6.04 Å². The Morgan fingerprint density at radius 1 is 1.40 bits per heavy atom. The van der Waals surface area contributed by atoms with Crippen molar-refractivity contribution in [3.63, 3.8) is 0 Å². The van der Waals surface area contributed by atoms with Crippen LogP contribution < -0.4 is 11.1 Å². The Hall–Kier alpha value is -0.610. The second-order valence-electron chi connectivity index (χ2n) is 4.52. The number of nitrogens with one attached hydrogen (secondary N) is 1. The van der Waals surface area contributed by atoms with Gasteiger partial charge in [0.25, 0.3) is 0 Å². The van der Waals surface area contributed by atoms with Gasteiger partial charge in [0.2, 0.25) is 5.91 Å². The van der Waals surface area contributed by atoms with E-state index in [2.05, 4.69) is 5.32 Å². The second-order valence-corrected chi connectivity index (χ2v) is 4.52. The lowest BCUT2D eigenvalue weighted by Crippen LogP contribution is -2.47. The van der Waals surface area contributed by atoms with E-state index >= 15 is 0 Å². The monoisotopic (exact) mass is 214 g/mol. The quantitative estimate of drug-likeness (QED) is 0.725. The predicted molar refractivity (Wildman–Crippen MR) is 59.4 cm³/mol. The summed E-state index contributed by atoms with van der Waals surface area (Å²) >= 11 is 0. The Morgan fingerprint density at radius 3 is 2.80 bits per heavy atom. The van der Waals surface area contributed by atoms with Crippen LogP contribution in [0.4, 0.5) is 0 Å². The van der Waals surface area contributed by atoms with Gasteiger partial charge in [-0.1, -0.05) is 13.8 Å². The van der Waals surface area contributed by atoms with Crippen LogP contribution in [-0.2, 0) is 9.53 Å². The van der Waals surface area contributed by atoms with Crippen molar-refractivity contribution in [3.8, 4) is 0 Å². The highest BCUT2D eigenvalue weighted by Crippen LogP contribution is 2.09. The molecule has 88 valence electrons. The third kappa shape index (κ3) is 4.18. The third-order valence-corrected chi connectivity index (χ3v) is 2.82. The predicted octanol–water partition coefficient (Wildman–Crippen LogP) is 0.655. The standard InChI is InChI=1S/C11H22N2O2/c1-8(2)10(12)11(14)13-9-4-3-6-15-7-5-9/h8-10H,3-7,12H2,1-2H3,(H,13,14)/t9?,10-/m1/s1. The molecule has 0 spiro atoms. The molecule has 1 aliphatic heterocycles. The highest BCUT2D eigenvalue weighted by atomic mass is 16.5. The van der Waals surface area contributed by atoms with Crippen molar-refractivity contribution in [2.24, 2.45) is 11.7 Å². The van der Waals surface area contributed by atoms with Crippen molar-refractivity contribution in [2.75, 3.05) is 13.2 Å². The summed E-state index contributed by atoms with van der Waals surface area (Å²) in [6.45, 7) is 5.46. The van der Waals surface area contributed by atoms with Gasteiger partial charge < -0.3 is 15.8 Å². The van der Waals surface area contributed by atoms with E-state index in [4.69, 9.17) is 10.5 Å². The van der Waals surface area contributed by atoms with Crippen LogP contribution in [0.2, 0.25) is 0 Å². The molecular weight excluding hydrogens is 192 g/mol. The summed E-state index contributed by atoms with van der Waals surface area (Å²) in [6.07, 6.45) is 2.91. The molecule has 1 heterocycles. The van der Waals surface area contributed by atoms with Gasteiger partial charge in [-0.3, -0.25) is 4.79 Å². The molecule has 4 nitrogen and oxygen atoms in total. The molecule has 1 saturated heterocycles. The molecule has 1 unspecified atom stereocenters. The van der Waals surface area contributed by atoms with Crippen LogP contribution in [0.3, 0.4) is 0 Å². The van der Waals surface area contributed by atoms with Crippen molar-refractivity contribution in [1.82, 2.24) is 5.32 Å². The Kier molecular flexibility index (Phi) is 5.05. The molecule has 4 heteroatoms. The van der Waals surface area contributed by atoms with E-state index in [-0.39, 0.29) is 17.9 Å². The number of hydrogen-bond acceptors (Lipinski definition) is 3. The minimum atomic E-state index is -0.394. The number of ether oxygens (including phenoxy) is 1. The fourth-order valence-corrected chi connectivity index (χ4v) is 1.65. The zero-order valence-corrected chi connectivity index (χ0v) is 9.66. The largest absolute Gasteiger partial charge is 0.381 e. The molecule has 0 radical (unpaired) electrons. The van der Waals surface area contributed by atoms with Crippen molar-refractivity contribution >= 4 is 5.91 Å². The fourth-order valence-electron chi connectivity index (χ4n) is 1.65. The molecule has 0 aliphatic carbocycles. The van der Waals surface area contributed by atoms with Crippen LogP contribution in [0.15, 0.2) is 0 Å². The van der Waals surface area contributed by atoms with Gasteiger partial charge in [-0.15, -0.1) is 0 Å². The number of hydrogen-bond donors (Lipinski definition) is 2. The van der Waals surface area contributed by atoms with Gasteiger partial charge in [-0.05, 0) is 25.2 Å². The highest BCUT2D eigenvalue weighted by molar-refractivity contribution is 5.81. The zero-order valence-electron chi connectivity index (χ0n) is 9.66. The molecule has 3 N–H and O–H groups in total. The topological polar surface area (TPSA) is 64.4 Å². The average Bonchev–Trinajstić information content (AvgIpc) is 2.45. The van der Waals surface area contributed by atoms with Crippen LogP contribution in [0.5, 0.6) is 0 Å². The van der Waals surface area contributed by atoms with Gasteiger partial charge in [-0.25, -0.2) is 0 Å². The lowest BCUT2D eigenvalue weighted by molar-refractivity contribution is -0.124. The number of amides is 1. The second kappa shape index (κ2) is 6.08. The number of rotatable bonds is 3. The molecule has 1 fully saturated rings. The summed E-state index contributed by atoms with van der Waals surface area (Å²) in [7, 11) is 0. The van der Waals surface area contributed by atoms with Crippen molar-refractivity contribution in [1.29, 1.82) is 0 Å². The minimum absolute atomic E-state index is 0.0306. The molecular formula is C11H22N2O2. The first kappa shape index (κ1) is 12.5. The van der Waals surface area contributed by atoms with Gasteiger partial charge in [-0.2, -0.15) is 0 Å². The normalized spacial score (nSPS) is 24.7. The molecule has 0 bridgehead atoms. The molecule has 2 atom stereocenters. The lowest BCUT2D eigenvalue weighted by Gasteiger charge is -2.20. The molecule has 1 rings (SSSR count). The van der Waals surface area contributed by atoms with E-state index in [1.54, 1.807) is 0 Å². The van der Waals surface area contributed by atoms with Crippen molar-refractivity contribution in [2.45, 2.75) is 45.2 Å². The first-order valence-electron chi connectivity index (χ1n) is 5.75. The Morgan fingerprint density at radius 2 is 2.13 bits per heavy atom. The third-order valence-electron chi connectivity index (χ3n) is 2.82. The van der Waals surface area contributed by atoms with Crippen LogP contribution >= 0.6 is 0 Å². The lowest BCUT2D eigenvalue weighted by atomic mass is 10.0. The summed E-state index contributed by atoms with van der Waals surface area (Å²) in [5, 5.41) is 3.00. The van der Waals surface area contributed by atoms with E-state index in [0.717, 1.165) is 32.5 Å². The smallest absolute Gasteiger partial charge is 0.237 e. The van der Waals surface area contributed by atoms with E-state index in [0.29, 0.717) is 0 Å². The van der Waals surface area contributed by atoms with Crippen molar-refractivity contribution < 1.29 is 9.53 Å². The summed E-state index contributed by atoms with van der Waals surface area (Å²) in [5.41, 5.74) is 5.77. The van der Waals surface area contributed by atoms with Crippen LogP contribution in [0.1, 0.15) is 33.1 Å². The maximum absolute atomic E-state index is 11.7. The molecule has 0 aromatic rings. The van der Waals surface area contributed by atoms with Gasteiger partial charge in [0.1, 0.15) is 0 Å². The number of carbonyl (C=O) groups is 1. The Balaban J connectivity index is 2.35. The molecule has 0 aromatic heterocycles. The van der Waals surface area contributed by atoms with Crippen LogP contribution in [0.25, 0.3) is 0 Å². The van der Waals surface area contributed by atoms with Crippen LogP contribution in [0, 0.1) is 5.92 Å². The summed E-state index contributed by atoms with van der Waals surface area (Å²) in [4.78, 5) is 11.7. The van der Waals surface area contributed by atoms with E-state index < -0.39 is 6.04 Å². The van der Waals surface area contributed by atoms with E-state index in [9.17, 15) is 4.79 Å². The summed E-state index contributed by atoms with van der Waals surface area (Å²) in [6, 6.07) is -0.154. The molecule has 0 saturated carbocycles. The van der Waals surface area contributed by atoms with Gasteiger partial charge in [0, 0.05) is 19.3 Å². The van der Waals surface area contributed by atoms with Crippen molar-refractivity contribution in [3.05, 3.63) is 0 Å². The Labute approximate surface area is 91.5 Å². The first-order valence-corrected chi connectivity index (χ1v) is 5.75. The van der Waals surface area contributed by atoms with Gasteiger partial charge >= 0.3 is 0 Å². The summed E-state index contributed by atoms with van der Waals surface area (Å²) in [5.74, 6) is 0.156. The zero-order chi connectivity index (χ0) is 11.3. The molecule has 1 amide bonds. The molecule has 15 heavy (non-hydrogen) atoms. The molecule has 0 aromatic carbocycles. The minimum Gasteiger partial charge on any atom is -0.381 e. The average molecular weight is 214 g/mol. The maximum Gasteiger partial charge on any atom is 0.237 e. The number of carbonyl (C=O) groups excluding carboxylic acids is 1. The van der Waals surface area contributed by atoms with E-state index in [1.807, 2.05) is 13.8 Å². The fraction of sp³-hybridized carbons (Fsp3) is 0.909. The maximum atomic E-state index is 11.7. The Bertz CT molecular complexity index is 199.